The Bertz CT molecular complexity index is 995. The average Bonchev–Trinajstić information content (AvgIpc) is 3.32. The van der Waals surface area contributed by atoms with Gasteiger partial charge in [0.05, 0.1) is 16.8 Å². The maximum atomic E-state index is 12.5. The lowest BCUT2D eigenvalue weighted by Crippen LogP contribution is -2.25. The van der Waals surface area contributed by atoms with Crippen molar-refractivity contribution < 1.29 is 4.79 Å². The molecule has 4 aromatic rings. The molecule has 0 unspecified atom stereocenters. The zero-order valence-corrected chi connectivity index (χ0v) is 14.1. The summed E-state index contributed by atoms with van der Waals surface area (Å²) >= 11 is 1.62. The highest BCUT2D eigenvalue weighted by molar-refractivity contribution is 7.13. The van der Waals surface area contributed by atoms with Crippen LogP contribution in [0.25, 0.3) is 16.2 Å². The molecule has 0 atom stereocenters. The van der Waals surface area contributed by atoms with Crippen molar-refractivity contribution in [2.75, 3.05) is 6.54 Å². The van der Waals surface area contributed by atoms with E-state index in [1.165, 1.54) is 0 Å². The molecule has 0 bridgehead atoms. The van der Waals surface area contributed by atoms with Gasteiger partial charge in [0.1, 0.15) is 5.56 Å². The van der Waals surface area contributed by atoms with E-state index in [0.29, 0.717) is 24.2 Å². The largest absolute Gasteiger partial charge is 0.351 e. The van der Waals surface area contributed by atoms with Crippen LogP contribution in [0.15, 0.2) is 60.4 Å². The number of amides is 1. The Kier molecular flexibility index (Phi) is 4.22. The lowest BCUT2D eigenvalue weighted by Gasteiger charge is -2.04. The molecule has 4 aromatic heterocycles. The topological polar surface area (TPSA) is 72.2 Å². The first-order valence-corrected chi connectivity index (χ1v) is 8.75. The van der Waals surface area contributed by atoms with Crippen molar-refractivity contribution in [3.05, 3.63) is 71.6 Å². The lowest BCUT2D eigenvalue weighted by molar-refractivity contribution is 0.0955. The number of pyridine rings is 1. The summed E-state index contributed by atoms with van der Waals surface area (Å²) < 4.78 is 1.71. The molecule has 0 aliphatic rings. The highest BCUT2D eigenvalue weighted by Gasteiger charge is 2.16. The molecule has 0 saturated heterocycles. The SMILES string of the molecule is O=C(NCCc1ccccn1)c1cnn2c(-c3cccs3)ccnc12. The summed E-state index contributed by atoms with van der Waals surface area (Å²) in [5.41, 5.74) is 2.90. The van der Waals surface area contributed by atoms with Crippen molar-refractivity contribution in [3.8, 4) is 10.6 Å². The molecule has 124 valence electrons. The van der Waals surface area contributed by atoms with Crippen molar-refractivity contribution in [3.63, 3.8) is 0 Å². The molecule has 0 fully saturated rings. The van der Waals surface area contributed by atoms with Crippen LogP contribution in [0.2, 0.25) is 0 Å². The van der Waals surface area contributed by atoms with Crippen LogP contribution in [0.5, 0.6) is 0 Å². The predicted molar refractivity (Wildman–Crippen MR) is 96.6 cm³/mol. The maximum absolute atomic E-state index is 12.5. The van der Waals surface area contributed by atoms with E-state index in [0.717, 1.165) is 16.3 Å². The molecule has 0 spiro atoms. The number of nitrogens with zero attached hydrogens (tertiary/aromatic N) is 4. The minimum Gasteiger partial charge on any atom is -0.351 e. The van der Waals surface area contributed by atoms with Crippen LogP contribution >= 0.6 is 11.3 Å². The van der Waals surface area contributed by atoms with E-state index in [9.17, 15) is 4.79 Å². The Hall–Kier alpha value is -3.06. The van der Waals surface area contributed by atoms with Crippen LogP contribution in [0, 0.1) is 0 Å². The zero-order valence-electron chi connectivity index (χ0n) is 13.3. The average molecular weight is 349 g/mol. The predicted octanol–water partition coefficient (Wildman–Crippen LogP) is 2.83. The smallest absolute Gasteiger partial charge is 0.256 e. The monoisotopic (exact) mass is 349 g/mol. The second kappa shape index (κ2) is 6.82. The third kappa shape index (κ3) is 3.14. The standard InChI is InChI=1S/C18H15N5OS/c24-18(21-9-6-13-4-1-2-8-19-13)14-12-22-23-15(7-10-20-17(14)23)16-5-3-11-25-16/h1-5,7-8,10-12H,6,9H2,(H,21,24). The van der Waals surface area contributed by atoms with Gasteiger partial charge in [-0.3, -0.25) is 9.78 Å². The van der Waals surface area contributed by atoms with E-state index < -0.39 is 0 Å². The highest BCUT2D eigenvalue weighted by Crippen LogP contribution is 2.25. The van der Waals surface area contributed by atoms with Gasteiger partial charge in [-0.1, -0.05) is 12.1 Å². The van der Waals surface area contributed by atoms with Crippen LogP contribution in [0.1, 0.15) is 16.1 Å². The first kappa shape index (κ1) is 15.5. The molecular formula is C18H15N5OS. The van der Waals surface area contributed by atoms with Crippen LogP contribution in [-0.2, 0) is 6.42 Å². The molecule has 0 aromatic carbocycles. The Morgan fingerprint density at radius 2 is 2.08 bits per heavy atom. The van der Waals surface area contributed by atoms with Gasteiger partial charge in [0, 0.05) is 31.1 Å². The minimum atomic E-state index is -0.179. The fraction of sp³-hybridized carbons (Fsp3) is 0.111. The molecule has 0 aliphatic heterocycles. The Morgan fingerprint density at radius 1 is 1.12 bits per heavy atom. The summed E-state index contributed by atoms with van der Waals surface area (Å²) in [6.45, 7) is 0.512. The Labute approximate surface area is 148 Å². The minimum absolute atomic E-state index is 0.179. The molecule has 0 saturated carbocycles. The van der Waals surface area contributed by atoms with Crippen molar-refractivity contribution in [2.24, 2.45) is 0 Å². The second-order valence-electron chi connectivity index (χ2n) is 5.43. The number of thiophene rings is 1. The van der Waals surface area contributed by atoms with E-state index in [2.05, 4.69) is 20.4 Å². The molecular weight excluding hydrogens is 334 g/mol. The molecule has 1 amide bonds. The molecule has 0 radical (unpaired) electrons. The fourth-order valence-electron chi connectivity index (χ4n) is 2.61. The van der Waals surface area contributed by atoms with Gasteiger partial charge in [-0.2, -0.15) is 5.10 Å². The summed E-state index contributed by atoms with van der Waals surface area (Å²) in [5, 5.41) is 9.27. The number of fused-ring (bicyclic) bond motifs is 1. The summed E-state index contributed by atoms with van der Waals surface area (Å²) in [6.07, 6.45) is 5.70. The number of hydrogen-bond donors (Lipinski definition) is 1. The van der Waals surface area contributed by atoms with Gasteiger partial charge in [0.15, 0.2) is 5.65 Å². The molecule has 4 rings (SSSR count). The van der Waals surface area contributed by atoms with Crippen LogP contribution in [0.3, 0.4) is 0 Å². The summed E-state index contributed by atoms with van der Waals surface area (Å²) in [4.78, 5) is 22.1. The molecule has 0 aliphatic carbocycles. The lowest BCUT2D eigenvalue weighted by atomic mass is 10.2. The number of aromatic nitrogens is 4. The van der Waals surface area contributed by atoms with Gasteiger partial charge < -0.3 is 5.32 Å². The number of carbonyl (C=O) groups excluding carboxylic acids is 1. The quantitative estimate of drug-likeness (QED) is 0.601. The molecule has 4 heterocycles. The summed E-state index contributed by atoms with van der Waals surface area (Å²) in [7, 11) is 0. The Morgan fingerprint density at radius 3 is 2.88 bits per heavy atom. The Balaban J connectivity index is 1.53. The van der Waals surface area contributed by atoms with E-state index in [1.807, 2.05) is 41.8 Å². The summed E-state index contributed by atoms with van der Waals surface area (Å²) in [5.74, 6) is -0.179. The first-order chi connectivity index (χ1) is 12.3. The van der Waals surface area contributed by atoms with Crippen LogP contribution < -0.4 is 5.32 Å². The van der Waals surface area contributed by atoms with Gasteiger partial charge in [-0.25, -0.2) is 9.50 Å². The van der Waals surface area contributed by atoms with Gasteiger partial charge in [0.25, 0.3) is 5.91 Å². The highest BCUT2D eigenvalue weighted by atomic mass is 32.1. The molecule has 1 N–H and O–H groups in total. The van der Waals surface area contributed by atoms with E-state index in [1.54, 1.807) is 34.4 Å². The third-order valence-corrected chi connectivity index (χ3v) is 4.70. The maximum Gasteiger partial charge on any atom is 0.256 e. The van der Waals surface area contributed by atoms with E-state index in [4.69, 9.17) is 0 Å². The van der Waals surface area contributed by atoms with Crippen molar-refractivity contribution in [2.45, 2.75) is 6.42 Å². The zero-order chi connectivity index (χ0) is 17.1. The van der Waals surface area contributed by atoms with E-state index >= 15 is 0 Å². The van der Waals surface area contributed by atoms with Gasteiger partial charge in [-0.05, 0) is 29.6 Å². The van der Waals surface area contributed by atoms with E-state index in [-0.39, 0.29) is 5.91 Å². The number of rotatable bonds is 5. The van der Waals surface area contributed by atoms with Crippen LogP contribution in [0.4, 0.5) is 0 Å². The second-order valence-corrected chi connectivity index (χ2v) is 6.38. The summed E-state index contributed by atoms with van der Waals surface area (Å²) in [6, 6.07) is 11.7. The molecule has 25 heavy (non-hydrogen) atoms. The molecule has 6 nitrogen and oxygen atoms in total. The molecule has 7 heteroatoms. The number of carbonyl (C=O) groups is 1. The first-order valence-electron chi connectivity index (χ1n) is 7.87. The van der Waals surface area contributed by atoms with Crippen molar-refractivity contribution in [1.29, 1.82) is 0 Å². The van der Waals surface area contributed by atoms with Crippen molar-refractivity contribution >= 4 is 22.9 Å². The normalized spacial score (nSPS) is 10.9. The van der Waals surface area contributed by atoms with Crippen LogP contribution in [-0.4, -0.2) is 32.0 Å². The fourth-order valence-corrected chi connectivity index (χ4v) is 3.34. The number of nitrogens with one attached hydrogen (secondary N) is 1. The van der Waals surface area contributed by atoms with Gasteiger partial charge >= 0.3 is 0 Å². The third-order valence-electron chi connectivity index (χ3n) is 3.81. The van der Waals surface area contributed by atoms with Crippen molar-refractivity contribution in [1.82, 2.24) is 24.9 Å². The van der Waals surface area contributed by atoms with Gasteiger partial charge in [-0.15, -0.1) is 11.3 Å². The number of hydrogen-bond acceptors (Lipinski definition) is 5. The van der Waals surface area contributed by atoms with Gasteiger partial charge in [0.2, 0.25) is 0 Å².